The summed E-state index contributed by atoms with van der Waals surface area (Å²) in [7, 11) is -1.70. The molecule has 0 aliphatic heterocycles. The molecule has 9 nitrogen and oxygen atoms in total. The third kappa shape index (κ3) is 4.84. The summed E-state index contributed by atoms with van der Waals surface area (Å²) in [6, 6.07) is 7.85. The number of hydrogen-bond donors (Lipinski definition) is 3. The zero-order valence-electron chi connectivity index (χ0n) is 17.5. The normalized spacial score (nSPS) is 12.2. The number of pyridine rings is 1. The van der Waals surface area contributed by atoms with Crippen molar-refractivity contribution in [1.29, 1.82) is 0 Å². The Hall–Kier alpha value is -3.97. The number of alkyl halides is 2. The zero-order chi connectivity index (χ0) is 24.4. The van der Waals surface area contributed by atoms with E-state index >= 15 is 0 Å². The van der Waals surface area contributed by atoms with E-state index in [0.29, 0.717) is 27.2 Å². The molecule has 3 heterocycles. The molecule has 0 spiro atoms. The van der Waals surface area contributed by atoms with Crippen molar-refractivity contribution in [2.75, 3.05) is 0 Å². The Morgan fingerprint density at radius 3 is 2.47 bits per heavy atom. The molecule has 1 amide bonds. The quantitative estimate of drug-likeness (QED) is 0.333. The van der Waals surface area contributed by atoms with Crippen LogP contribution >= 0.6 is 0 Å². The highest BCUT2D eigenvalue weighted by molar-refractivity contribution is 6.58. The molecule has 1 unspecified atom stereocenters. The van der Waals surface area contributed by atoms with Crippen molar-refractivity contribution in [3.8, 4) is 11.1 Å². The van der Waals surface area contributed by atoms with Crippen LogP contribution in [0.1, 0.15) is 34.3 Å². The number of benzene rings is 1. The zero-order valence-corrected chi connectivity index (χ0v) is 17.5. The predicted octanol–water partition coefficient (Wildman–Crippen LogP) is 1.29. The highest BCUT2D eigenvalue weighted by Crippen LogP contribution is 2.26. The first-order chi connectivity index (χ1) is 16.2. The number of amides is 1. The van der Waals surface area contributed by atoms with Gasteiger partial charge in [0.05, 0.1) is 29.2 Å². The summed E-state index contributed by atoms with van der Waals surface area (Å²) in [5.74, 6) is -1.66. The van der Waals surface area contributed by atoms with Gasteiger partial charge >= 0.3 is 13.7 Å². The SMILES string of the molecule is NC(=O)c1ccc(-c2cnn(C(Cc3ccn(C(F)F)n3)c3ccc(B(O)O)cn3)c2)cc1F. The Morgan fingerprint density at radius 1 is 1.09 bits per heavy atom. The molecule has 34 heavy (non-hydrogen) atoms. The van der Waals surface area contributed by atoms with Crippen LogP contribution in [0.3, 0.4) is 0 Å². The number of nitrogens with zero attached hydrogens (tertiary/aromatic N) is 5. The van der Waals surface area contributed by atoms with Crippen molar-refractivity contribution in [3.05, 3.63) is 84.0 Å². The van der Waals surface area contributed by atoms with E-state index in [-0.39, 0.29) is 17.4 Å². The van der Waals surface area contributed by atoms with Crippen LogP contribution in [-0.2, 0) is 6.42 Å². The van der Waals surface area contributed by atoms with Crippen molar-refractivity contribution in [2.45, 2.75) is 19.0 Å². The lowest BCUT2D eigenvalue weighted by Gasteiger charge is -2.17. The third-order valence-electron chi connectivity index (χ3n) is 5.20. The highest BCUT2D eigenvalue weighted by Gasteiger charge is 2.22. The monoisotopic (exact) mass is 470 g/mol. The second kappa shape index (κ2) is 9.49. The molecule has 1 aromatic carbocycles. The van der Waals surface area contributed by atoms with Gasteiger partial charge in [0.1, 0.15) is 5.82 Å². The van der Waals surface area contributed by atoms with Crippen LogP contribution in [0.2, 0.25) is 0 Å². The number of nitrogens with two attached hydrogens (primary N) is 1. The first-order valence-electron chi connectivity index (χ1n) is 10.0. The molecule has 0 aliphatic carbocycles. The molecule has 0 saturated heterocycles. The van der Waals surface area contributed by atoms with Gasteiger partial charge in [-0.2, -0.15) is 19.0 Å². The number of rotatable bonds is 8. The first-order valence-corrected chi connectivity index (χ1v) is 10.0. The van der Waals surface area contributed by atoms with E-state index in [4.69, 9.17) is 5.73 Å². The summed E-state index contributed by atoms with van der Waals surface area (Å²) in [6.45, 7) is -2.79. The van der Waals surface area contributed by atoms with Crippen molar-refractivity contribution < 1.29 is 28.0 Å². The second-order valence-electron chi connectivity index (χ2n) is 7.44. The Morgan fingerprint density at radius 2 is 1.88 bits per heavy atom. The molecule has 13 heteroatoms. The van der Waals surface area contributed by atoms with E-state index in [0.717, 1.165) is 12.3 Å². The summed E-state index contributed by atoms with van der Waals surface area (Å²) >= 11 is 0. The maximum atomic E-state index is 14.2. The average molecular weight is 470 g/mol. The van der Waals surface area contributed by atoms with E-state index in [1.165, 1.54) is 41.3 Å². The fourth-order valence-corrected chi connectivity index (χ4v) is 3.45. The number of hydrogen-bond acceptors (Lipinski definition) is 6. The molecular formula is C21H18BF3N6O3. The lowest BCUT2D eigenvalue weighted by atomic mass is 9.81. The number of halogens is 3. The minimum absolute atomic E-state index is 0.143. The lowest BCUT2D eigenvalue weighted by Crippen LogP contribution is -2.30. The number of primary amides is 1. The molecule has 3 aromatic heterocycles. The van der Waals surface area contributed by atoms with Gasteiger partial charge in [0.15, 0.2) is 0 Å². The van der Waals surface area contributed by atoms with Crippen LogP contribution in [0.4, 0.5) is 13.2 Å². The molecule has 0 radical (unpaired) electrons. The molecule has 0 aliphatic rings. The summed E-state index contributed by atoms with van der Waals surface area (Å²) in [6.07, 6.45) is 5.68. The van der Waals surface area contributed by atoms with Crippen LogP contribution in [0, 0.1) is 5.82 Å². The lowest BCUT2D eigenvalue weighted by molar-refractivity contribution is 0.0561. The summed E-state index contributed by atoms with van der Waals surface area (Å²) in [4.78, 5) is 15.5. The molecule has 0 fully saturated rings. The van der Waals surface area contributed by atoms with Crippen molar-refractivity contribution in [2.24, 2.45) is 5.73 Å². The predicted molar refractivity (Wildman–Crippen MR) is 116 cm³/mol. The molecule has 4 N–H and O–H groups in total. The second-order valence-corrected chi connectivity index (χ2v) is 7.44. The minimum Gasteiger partial charge on any atom is -0.423 e. The van der Waals surface area contributed by atoms with Gasteiger partial charge in [-0.05, 0) is 29.8 Å². The number of carbonyl (C=O) groups excluding carboxylic acids is 1. The fraction of sp³-hybridized carbons (Fsp3) is 0.143. The smallest absolute Gasteiger partial charge is 0.423 e. The maximum absolute atomic E-state index is 14.2. The van der Waals surface area contributed by atoms with E-state index < -0.39 is 31.4 Å². The molecule has 0 saturated carbocycles. The van der Waals surface area contributed by atoms with Crippen LogP contribution in [-0.4, -0.2) is 47.6 Å². The fourth-order valence-electron chi connectivity index (χ4n) is 3.45. The van der Waals surface area contributed by atoms with Gasteiger partial charge in [0.2, 0.25) is 0 Å². The standard InChI is InChI=1S/C21H18BF3N6O3/c23-17-7-12(1-3-16(17)20(26)32)13-9-28-31(11-13)19(8-15-5-6-30(29-15)21(24)25)18-4-2-14(10-27-18)22(33)34/h1-7,9-11,19,21,33-34H,8H2,(H2,26,32). The van der Waals surface area contributed by atoms with E-state index in [1.54, 1.807) is 12.3 Å². The molecule has 4 rings (SSSR count). The number of aromatic nitrogens is 5. The summed E-state index contributed by atoms with van der Waals surface area (Å²) < 4.78 is 42.2. The Bertz CT molecular complexity index is 1310. The largest absolute Gasteiger partial charge is 0.490 e. The van der Waals surface area contributed by atoms with Crippen LogP contribution in [0.25, 0.3) is 11.1 Å². The van der Waals surface area contributed by atoms with Crippen LogP contribution in [0.5, 0.6) is 0 Å². The van der Waals surface area contributed by atoms with Crippen molar-refractivity contribution in [3.63, 3.8) is 0 Å². The Kier molecular flexibility index (Phi) is 6.48. The number of carbonyl (C=O) groups is 1. The Labute approximate surface area is 191 Å². The topological polar surface area (TPSA) is 132 Å². The molecule has 174 valence electrons. The van der Waals surface area contributed by atoms with E-state index in [1.807, 2.05) is 0 Å². The van der Waals surface area contributed by atoms with E-state index in [9.17, 15) is 28.0 Å². The van der Waals surface area contributed by atoms with Crippen LogP contribution in [0.15, 0.2) is 61.2 Å². The van der Waals surface area contributed by atoms with Gasteiger partial charge in [0, 0.05) is 36.0 Å². The molecular weight excluding hydrogens is 452 g/mol. The van der Waals surface area contributed by atoms with Crippen LogP contribution < -0.4 is 11.2 Å². The third-order valence-corrected chi connectivity index (χ3v) is 5.20. The van der Waals surface area contributed by atoms with E-state index in [2.05, 4.69) is 15.2 Å². The molecule has 1 atom stereocenters. The Balaban J connectivity index is 1.69. The van der Waals surface area contributed by atoms with Gasteiger partial charge < -0.3 is 15.8 Å². The minimum atomic E-state index is -2.79. The van der Waals surface area contributed by atoms with Gasteiger partial charge in [-0.25, -0.2) is 9.07 Å². The molecule has 4 aromatic rings. The first kappa shape index (κ1) is 23.2. The average Bonchev–Trinajstić information content (AvgIpc) is 3.47. The van der Waals surface area contributed by atoms with Gasteiger partial charge in [0.25, 0.3) is 5.91 Å². The summed E-state index contributed by atoms with van der Waals surface area (Å²) in [5, 5.41) is 26.8. The van der Waals surface area contributed by atoms with Gasteiger partial charge in [-0.15, -0.1) is 0 Å². The van der Waals surface area contributed by atoms with Crippen molar-refractivity contribution in [1.82, 2.24) is 24.5 Å². The van der Waals surface area contributed by atoms with Gasteiger partial charge in [-0.1, -0.05) is 12.1 Å². The van der Waals surface area contributed by atoms with Gasteiger partial charge in [-0.3, -0.25) is 14.5 Å². The van der Waals surface area contributed by atoms with Crippen molar-refractivity contribution >= 4 is 18.5 Å². The summed E-state index contributed by atoms with van der Waals surface area (Å²) in [5.41, 5.74) is 6.87. The highest BCUT2D eigenvalue weighted by atomic mass is 19.3. The molecule has 0 bridgehead atoms. The maximum Gasteiger partial charge on any atom is 0.490 e.